The first-order valence-electron chi connectivity index (χ1n) is 3.92. The first-order chi connectivity index (χ1) is 7.75. The maximum atomic E-state index is 12.4. The number of hydrogen-bond acceptors (Lipinski definition) is 5. The van der Waals surface area contributed by atoms with Gasteiger partial charge in [-0.05, 0) is 6.92 Å². The number of hydrogen-bond donors (Lipinski definition) is 0. The van der Waals surface area contributed by atoms with Gasteiger partial charge in [-0.3, -0.25) is 0 Å². The molecule has 0 aromatic rings. The van der Waals surface area contributed by atoms with E-state index in [1.54, 1.807) is 0 Å². The van der Waals surface area contributed by atoms with E-state index >= 15 is 0 Å². The Kier molecular flexibility index (Phi) is 3.52. The van der Waals surface area contributed by atoms with Crippen LogP contribution in [0.3, 0.4) is 0 Å². The first kappa shape index (κ1) is 15.7. The Bertz CT molecular complexity index is 450. The summed E-state index contributed by atoms with van der Waals surface area (Å²) in [6.07, 6.45) is -12.5. The fourth-order valence-corrected chi connectivity index (χ4v) is 3.20. The van der Waals surface area contributed by atoms with Gasteiger partial charge in [-0.15, -0.1) is 0 Å². The lowest BCUT2D eigenvalue weighted by atomic mass is 10.3. The number of halogens is 6. The highest BCUT2D eigenvalue weighted by atomic mass is 32.3. The zero-order valence-electron chi connectivity index (χ0n) is 8.20. The molecule has 0 radical (unpaired) electrons. The first-order valence-corrected chi connectivity index (χ1v) is 6.53. The number of rotatable bonds is 0. The molecule has 1 heterocycles. The van der Waals surface area contributed by atoms with Crippen LogP contribution in [0, 0.1) is 0 Å². The lowest BCUT2D eigenvalue weighted by Gasteiger charge is -2.38. The largest absolute Gasteiger partial charge is 0.455 e. The van der Waals surface area contributed by atoms with Crippen LogP contribution in [0.25, 0.3) is 0 Å². The molecule has 0 saturated carbocycles. The van der Waals surface area contributed by atoms with E-state index in [0.29, 0.717) is 6.92 Å². The molecule has 0 amide bonds. The lowest BCUT2D eigenvalue weighted by molar-refractivity contribution is -0.421. The molecule has 0 spiro atoms. The van der Waals surface area contributed by atoms with Gasteiger partial charge in [0, 0.05) is 0 Å². The molecule has 0 bridgehead atoms. The molecule has 5 nitrogen and oxygen atoms in total. The summed E-state index contributed by atoms with van der Waals surface area (Å²) in [6, 6.07) is 0. The fourth-order valence-electron chi connectivity index (χ4n) is 0.875. The van der Waals surface area contributed by atoms with E-state index in [-0.39, 0.29) is 0 Å². The lowest BCUT2D eigenvalue weighted by Crippen LogP contribution is -2.65. The van der Waals surface area contributed by atoms with Crippen LogP contribution >= 0.6 is 0 Å². The monoisotopic (exact) mass is 322 g/mol. The van der Waals surface area contributed by atoms with Crippen molar-refractivity contribution in [3.63, 3.8) is 0 Å². The molecule has 0 aromatic heterocycles. The maximum absolute atomic E-state index is 12.4. The minimum absolute atomic E-state index is 0.585. The second kappa shape index (κ2) is 4.05. The molecular weight excluding hydrogens is 318 g/mol. The maximum Gasteiger partial charge on any atom is 0.455 e. The van der Waals surface area contributed by atoms with Gasteiger partial charge < -0.3 is 0 Å². The van der Waals surface area contributed by atoms with Gasteiger partial charge >= 0.3 is 18.1 Å². The predicted octanol–water partition coefficient (Wildman–Crippen LogP) is 1.19. The molecule has 1 aliphatic heterocycles. The quantitative estimate of drug-likeness (QED) is 0.495. The normalized spacial score (nSPS) is 32.2. The van der Waals surface area contributed by atoms with Crippen LogP contribution in [0.4, 0.5) is 26.3 Å². The Morgan fingerprint density at radius 3 is 1.78 bits per heavy atom. The van der Waals surface area contributed by atoms with Crippen molar-refractivity contribution in [2.45, 2.75) is 29.6 Å². The summed E-state index contributed by atoms with van der Waals surface area (Å²) in [5.41, 5.74) is 0. The van der Waals surface area contributed by atoms with Crippen molar-refractivity contribution in [2.75, 3.05) is 0 Å². The molecule has 18 heavy (non-hydrogen) atoms. The highest BCUT2D eigenvalue weighted by molar-refractivity contribution is 8.02. The van der Waals surface area contributed by atoms with Crippen molar-refractivity contribution in [3.8, 4) is 0 Å². The zero-order valence-corrected chi connectivity index (χ0v) is 9.84. The van der Waals surface area contributed by atoms with Crippen molar-refractivity contribution in [2.24, 2.45) is 0 Å². The van der Waals surface area contributed by atoms with Gasteiger partial charge in [-0.2, -0.15) is 34.8 Å². The molecule has 2 unspecified atom stereocenters. The van der Waals surface area contributed by atoms with E-state index in [0.717, 1.165) is 0 Å². The van der Waals surface area contributed by atoms with E-state index in [1.807, 2.05) is 0 Å². The molecule has 108 valence electrons. The third-order valence-corrected chi connectivity index (χ3v) is 5.26. The molecule has 1 fully saturated rings. The van der Waals surface area contributed by atoms with Gasteiger partial charge in [0.05, 0.1) is 0 Å². The second-order valence-corrected chi connectivity index (χ2v) is 6.65. The van der Waals surface area contributed by atoms with Gasteiger partial charge in [-0.1, -0.05) is 0 Å². The van der Waals surface area contributed by atoms with Gasteiger partial charge in [0.1, 0.15) is 0 Å². The molecule has 1 saturated heterocycles. The summed E-state index contributed by atoms with van der Waals surface area (Å²) >= 11 is -3.37. The van der Waals surface area contributed by atoms with E-state index in [2.05, 4.69) is 8.37 Å². The Hall–Kier alpha value is -0.400. The van der Waals surface area contributed by atoms with Crippen molar-refractivity contribution in [3.05, 3.63) is 0 Å². The SMILES string of the molecule is CC1S(=O)OC(C(F)(F)F)(C(F)(F)F)OS1(=O)=O. The van der Waals surface area contributed by atoms with Gasteiger partial charge in [0.25, 0.3) is 10.1 Å². The van der Waals surface area contributed by atoms with Gasteiger partial charge in [-0.25, -0.2) is 12.6 Å². The average molecular weight is 322 g/mol. The minimum atomic E-state index is -6.27. The Balaban J connectivity index is 3.46. The van der Waals surface area contributed by atoms with Crippen LogP contribution in [0.15, 0.2) is 0 Å². The predicted molar refractivity (Wildman–Crippen MR) is 43.5 cm³/mol. The minimum Gasteiger partial charge on any atom is -0.235 e. The second-order valence-electron chi connectivity index (χ2n) is 3.10. The van der Waals surface area contributed by atoms with Gasteiger partial charge in [0.2, 0.25) is 0 Å². The molecule has 13 heteroatoms. The smallest absolute Gasteiger partial charge is 0.235 e. The van der Waals surface area contributed by atoms with Crippen LogP contribution in [0.1, 0.15) is 6.92 Å². The fraction of sp³-hybridized carbons (Fsp3) is 1.00. The van der Waals surface area contributed by atoms with Crippen LogP contribution in [0.5, 0.6) is 0 Å². The highest BCUT2D eigenvalue weighted by Crippen LogP contribution is 2.50. The highest BCUT2D eigenvalue weighted by Gasteiger charge is 2.79. The van der Waals surface area contributed by atoms with Crippen LogP contribution < -0.4 is 0 Å². The van der Waals surface area contributed by atoms with E-state index < -0.39 is 43.9 Å². The standard InChI is InChI=1S/C5H4F6O5S2/c1-2-17(12)15-3(4(6,7)8,5(9,10)11)16-18(2,13)14/h2H,1H3. The van der Waals surface area contributed by atoms with E-state index in [9.17, 15) is 39.0 Å². The van der Waals surface area contributed by atoms with Crippen molar-refractivity contribution in [1.29, 1.82) is 0 Å². The average Bonchev–Trinajstić information content (AvgIpc) is 2.09. The summed E-state index contributed by atoms with van der Waals surface area (Å²) in [4.78, 5) is 0. The summed E-state index contributed by atoms with van der Waals surface area (Å²) in [5, 5.41) is 0. The summed E-state index contributed by atoms with van der Waals surface area (Å²) < 4.78 is 111. The zero-order chi connectivity index (χ0) is 14.6. The Morgan fingerprint density at radius 1 is 1.11 bits per heavy atom. The molecule has 0 aromatic carbocycles. The molecular formula is C5H4F6O5S2. The molecule has 0 aliphatic carbocycles. The summed E-state index contributed by atoms with van der Waals surface area (Å²) in [6.45, 7) is 0.585. The summed E-state index contributed by atoms with van der Waals surface area (Å²) in [7, 11) is -5.35. The van der Waals surface area contributed by atoms with Crippen LogP contribution in [-0.4, -0.2) is 35.3 Å². The molecule has 1 aliphatic rings. The van der Waals surface area contributed by atoms with E-state index in [4.69, 9.17) is 0 Å². The van der Waals surface area contributed by atoms with Crippen LogP contribution in [-0.2, 0) is 29.6 Å². The van der Waals surface area contributed by atoms with Crippen molar-refractivity contribution >= 4 is 21.2 Å². The Morgan fingerprint density at radius 2 is 1.50 bits per heavy atom. The Labute approximate surface area is 98.8 Å². The molecule has 0 N–H and O–H groups in total. The van der Waals surface area contributed by atoms with Crippen molar-refractivity contribution < 1.29 is 47.3 Å². The summed E-state index contributed by atoms with van der Waals surface area (Å²) in [5.74, 6) is -5.45. The number of alkyl halides is 6. The van der Waals surface area contributed by atoms with Crippen molar-refractivity contribution in [1.82, 2.24) is 0 Å². The topological polar surface area (TPSA) is 69.7 Å². The molecule has 1 rings (SSSR count). The third kappa shape index (κ3) is 2.23. The third-order valence-electron chi connectivity index (χ3n) is 1.86. The van der Waals surface area contributed by atoms with Gasteiger partial charge in [0.15, 0.2) is 15.7 Å². The van der Waals surface area contributed by atoms with Crippen LogP contribution in [0.2, 0.25) is 0 Å². The van der Waals surface area contributed by atoms with E-state index in [1.165, 1.54) is 0 Å². The molecule has 2 atom stereocenters.